The highest BCUT2D eigenvalue weighted by Crippen LogP contribution is 2.49. The number of ketones is 1. The SMILES string of the molecule is O=C1CCCC2=C1[C@@](NC(=O)C1CCCCC1)(C(F)(F)F)C(=O)N2Cc1ccccc1. The Morgan fingerprint density at radius 3 is 2.35 bits per heavy atom. The lowest BCUT2D eigenvalue weighted by atomic mass is 9.80. The van der Waals surface area contributed by atoms with Crippen molar-refractivity contribution >= 4 is 17.6 Å². The molecule has 3 aliphatic rings. The van der Waals surface area contributed by atoms with Crippen molar-refractivity contribution in [3.05, 3.63) is 47.2 Å². The van der Waals surface area contributed by atoms with Crippen molar-refractivity contribution in [1.29, 1.82) is 0 Å². The van der Waals surface area contributed by atoms with Gasteiger partial charge in [0.15, 0.2) is 5.78 Å². The minimum absolute atomic E-state index is 0.0670. The van der Waals surface area contributed by atoms with Crippen molar-refractivity contribution in [3.8, 4) is 0 Å². The molecule has 0 unspecified atom stereocenters. The first-order chi connectivity index (χ1) is 14.8. The van der Waals surface area contributed by atoms with Crippen LogP contribution in [0.15, 0.2) is 41.6 Å². The number of rotatable bonds is 4. The van der Waals surface area contributed by atoms with Crippen molar-refractivity contribution in [2.45, 2.75) is 69.6 Å². The molecule has 1 aliphatic heterocycles. The predicted octanol–water partition coefficient (Wildman–Crippen LogP) is 4.03. The molecule has 1 atom stereocenters. The molecule has 1 saturated carbocycles. The van der Waals surface area contributed by atoms with Gasteiger partial charge in [0, 0.05) is 18.0 Å². The molecule has 0 bridgehead atoms. The van der Waals surface area contributed by atoms with Crippen molar-refractivity contribution in [2.24, 2.45) is 5.92 Å². The van der Waals surface area contributed by atoms with Gasteiger partial charge in [-0.2, -0.15) is 13.2 Å². The van der Waals surface area contributed by atoms with E-state index in [1.165, 1.54) is 0 Å². The Kier molecular flexibility index (Phi) is 5.66. The van der Waals surface area contributed by atoms with Crippen molar-refractivity contribution in [1.82, 2.24) is 10.2 Å². The number of benzene rings is 1. The van der Waals surface area contributed by atoms with Gasteiger partial charge < -0.3 is 10.2 Å². The molecule has 0 saturated heterocycles. The lowest BCUT2D eigenvalue weighted by molar-refractivity contribution is -0.195. The smallest absolute Gasteiger partial charge is 0.330 e. The molecular weight excluding hydrogens is 409 g/mol. The van der Waals surface area contributed by atoms with Crippen LogP contribution in [-0.4, -0.2) is 34.2 Å². The molecule has 0 aromatic heterocycles. The zero-order chi connectivity index (χ0) is 22.2. The van der Waals surface area contributed by atoms with Crippen LogP contribution in [0.2, 0.25) is 0 Å². The van der Waals surface area contributed by atoms with Crippen LogP contribution in [-0.2, 0) is 20.9 Å². The molecule has 31 heavy (non-hydrogen) atoms. The van der Waals surface area contributed by atoms with Gasteiger partial charge in [0.25, 0.3) is 5.91 Å². The molecule has 8 heteroatoms. The average Bonchev–Trinajstić information content (AvgIpc) is 2.99. The highest BCUT2D eigenvalue weighted by molar-refractivity contribution is 6.13. The van der Waals surface area contributed by atoms with E-state index >= 15 is 0 Å². The largest absolute Gasteiger partial charge is 0.425 e. The van der Waals surface area contributed by atoms with Crippen LogP contribution in [0, 0.1) is 5.92 Å². The van der Waals surface area contributed by atoms with Gasteiger partial charge >= 0.3 is 6.18 Å². The lowest BCUT2D eigenvalue weighted by Crippen LogP contribution is -2.66. The van der Waals surface area contributed by atoms with Gasteiger partial charge in [0.05, 0.1) is 12.1 Å². The van der Waals surface area contributed by atoms with Crippen LogP contribution < -0.4 is 5.32 Å². The number of allylic oxidation sites excluding steroid dienone is 1. The third-order valence-corrected chi connectivity index (χ3v) is 6.55. The predicted molar refractivity (Wildman–Crippen MR) is 106 cm³/mol. The van der Waals surface area contributed by atoms with Gasteiger partial charge in [-0.1, -0.05) is 49.6 Å². The molecular formula is C23H25F3N2O3. The number of amides is 2. The van der Waals surface area contributed by atoms with Crippen molar-refractivity contribution in [2.75, 3.05) is 0 Å². The van der Waals surface area contributed by atoms with Gasteiger partial charge in [-0.15, -0.1) is 0 Å². The monoisotopic (exact) mass is 434 g/mol. The normalized spacial score (nSPS) is 25.1. The van der Waals surface area contributed by atoms with Crippen LogP contribution in [0.3, 0.4) is 0 Å². The van der Waals surface area contributed by atoms with Crippen LogP contribution in [0.4, 0.5) is 13.2 Å². The summed E-state index contributed by atoms with van der Waals surface area (Å²) in [6.45, 7) is -0.0804. The molecule has 166 valence electrons. The summed E-state index contributed by atoms with van der Waals surface area (Å²) < 4.78 is 43.8. The topological polar surface area (TPSA) is 66.5 Å². The van der Waals surface area contributed by atoms with Crippen LogP contribution in [0.25, 0.3) is 0 Å². The number of halogens is 3. The molecule has 1 N–H and O–H groups in total. The average molecular weight is 434 g/mol. The van der Waals surface area contributed by atoms with E-state index in [1.807, 2.05) is 0 Å². The second-order valence-corrected chi connectivity index (χ2v) is 8.55. The number of hydrogen-bond acceptors (Lipinski definition) is 3. The van der Waals surface area contributed by atoms with E-state index in [1.54, 1.807) is 30.3 Å². The standard InChI is InChI=1S/C23H25F3N2O3/c24-23(25,26)22(27-20(30)16-10-5-2-6-11-16)19-17(12-7-13-18(19)29)28(21(22)31)14-15-8-3-1-4-9-15/h1,3-4,8-9,16H,2,5-7,10-14H2,(H,27,30)/t22-/m0/s1. The van der Waals surface area contributed by atoms with Crippen LogP contribution in [0.5, 0.6) is 0 Å². The fourth-order valence-corrected chi connectivity index (χ4v) is 4.99. The first-order valence-electron chi connectivity index (χ1n) is 10.8. The summed E-state index contributed by atoms with van der Waals surface area (Å²) in [5, 5.41) is 2.06. The van der Waals surface area contributed by atoms with E-state index in [0.29, 0.717) is 24.8 Å². The Morgan fingerprint density at radius 2 is 1.71 bits per heavy atom. The molecule has 1 fully saturated rings. The number of carbonyl (C=O) groups excluding carboxylic acids is 3. The molecule has 1 aromatic carbocycles. The molecule has 4 rings (SSSR count). The first kappa shape index (κ1) is 21.6. The van der Waals surface area contributed by atoms with Crippen LogP contribution in [0.1, 0.15) is 56.9 Å². The molecule has 1 aromatic rings. The Hall–Kier alpha value is -2.64. The number of alkyl halides is 3. The van der Waals surface area contributed by atoms with Crippen molar-refractivity contribution in [3.63, 3.8) is 0 Å². The van der Waals surface area contributed by atoms with Gasteiger partial charge in [0.1, 0.15) is 0 Å². The van der Waals surface area contributed by atoms with E-state index < -0.39 is 40.8 Å². The minimum atomic E-state index is -5.13. The number of hydrogen-bond donors (Lipinski definition) is 1. The van der Waals surface area contributed by atoms with Crippen LogP contribution >= 0.6 is 0 Å². The Morgan fingerprint density at radius 1 is 1.03 bits per heavy atom. The second-order valence-electron chi connectivity index (χ2n) is 8.55. The van der Waals surface area contributed by atoms with E-state index in [0.717, 1.165) is 24.2 Å². The Bertz CT molecular complexity index is 920. The lowest BCUT2D eigenvalue weighted by Gasteiger charge is -2.35. The Balaban J connectivity index is 1.77. The summed E-state index contributed by atoms with van der Waals surface area (Å²) >= 11 is 0. The maximum Gasteiger partial charge on any atom is 0.425 e. The van der Waals surface area contributed by atoms with E-state index in [9.17, 15) is 27.6 Å². The number of nitrogens with zero attached hydrogens (tertiary/aromatic N) is 1. The quantitative estimate of drug-likeness (QED) is 0.778. The zero-order valence-corrected chi connectivity index (χ0v) is 17.1. The maximum absolute atomic E-state index is 14.6. The molecule has 2 amide bonds. The number of Topliss-reactive ketones (excluding diaryl/α,β-unsaturated/α-hetero) is 1. The Labute approximate surface area is 178 Å². The van der Waals surface area contributed by atoms with E-state index in [-0.39, 0.29) is 25.1 Å². The summed E-state index contributed by atoms with van der Waals surface area (Å²) in [6, 6.07) is 8.67. The zero-order valence-electron chi connectivity index (χ0n) is 17.1. The molecule has 5 nitrogen and oxygen atoms in total. The first-order valence-corrected chi connectivity index (χ1v) is 10.8. The maximum atomic E-state index is 14.6. The molecule has 2 aliphatic carbocycles. The summed E-state index contributed by atoms with van der Waals surface area (Å²) in [5.41, 5.74) is -3.15. The van der Waals surface area contributed by atoms with E-state index in [2.05, 4.69) is 5.32 Å². The van der Waals surface area contributed by atoms with Crippen molar-refractivity contribution < 1.29 is 27.6 Å². The van der Waals surface area contributed by atoms with Gasteiger partial charge in [-0.05, 0) is 31.2 Å². The molecule has 1 heterocycles. The third-order valence-electron chi connectivity index (χ3n) is 6.55. The molecule has 0 spiro atoms. The fraction of sp³-hybridized carbons (Fsp3) is 0.522. The summed E-state index contributed by atoms with van der Waals surface area (Å²) in [6.07, 6.45) is -1.20. The fourth-order valence-electron chi connectivity index (χ4n) is 4.99. The third kappa shape index (κ3) is 3.66. The number of carbonyl (C=O) groups is 3. The minimum Gasteiger partial charge on any atom is -0.330 e. The highest BCUT2D eigenvalue weighted by Gasteiger charge is 2.71. The van der Waals surface area contributed by atoms with Gasteiger partial charge in [-0.3, -0.25) is 14.4 Å². The summed E-state index contributed by atoms with van der Waals surface area (Å²) in [7, 11) is 0. The van der Waals surface area contributed by atoms with Gasteiger partial charge in [-0.25, -0.2) is 0 Å². The second kappa shape index (κ2) is 8.13. The number of nitrogens with one attached hydrogen (secondary N) is 1. The van der Waals surface area contributed by atoms with Gasteiger partial charge in [0.2, 0.25) is 11.4 Å². The highest BCUT2D eigenvalue weighted by atomic mass is 19.4. The molecule has 0 radical (unpaired) electrons. The summed E-state index contributed by atoms with van der Waals surface area (Å²) in [4.78, 5) is 40.1. The van der Waals surface area contributed by atoms with E-state index in [4.69, 9.17) is 0 Å². The summed E-state index contributed by atoms with van der Waals surface area (Å²) in [5.74, 6) is -3.37.